The van der Waals surface area contributed by atoms with Gasteiger partial charge in [-0.2, -0.15) is 0 Å². The first-order valence-electron chi connectivity index (χ1n) is 6.97. The van der Waals surface area contributed by atoms with E-state index >= 15 is 0 Å². The quantitative estimate of drug-likeness (QED) is 0.756. The highest BCUT2D eigenvalue weighted by atomic mass is 14.9. The summed E-state index contributed by atoms with van der Waals surface area (Å²) in [5, 5.41) is 7.04. The molecule has 0 aromatic heterocycles. The molecule has 1 aliphatic heterocycles. The molecule has 2 heteroatoms. The summed E-state index contributed by atoms with van der Waals surface area (Å²) < 4.78 is 0. The molecule has 1 aliphatic carbocycles. The first-order valence-corrected chi connectivity index (χ1v) is 6.97. The van der Waals surface area contributed by atoms with E-state index in [9.17, 15) is 0 Å². The molecule has 0 spiro atoms. The van der Waals surface area contributed by atoms with Gasteiger partial charge in [0.2, 0.25) is 0 Å². The Bertz CT molecular complexity index is 383. The molecule has 0 atom stereocenters. The molecular weight excluding hydrogens is 208 g/mol. The highest BCUT2D eigenvalue weighted by Crippen LogP contribution is 2.21. The second-order valence-electron chi connectivity index (χ2n) is 5.31. The minimum Gasteiger partial charge on any atom is -0.314 e. The lowest BCUT2D eigenvalue weighted by Crippen LogP contribution is -2.25. The van der Waals surface area contributed by atoms with E-state index in [0.717, 1.165) is 19.1 Å². The Morgan fingerprint density at radius 1 is 1.29 bits per heavy atom. The van der Waals surface area contributed by atoms with Crippen LogP contribution in [0, 0.1) is 0 Å². The Hall–Kier alpha value is -0.860. The molecule has 1 fully saturated rings. The predicted molar refractivity (Wildman–Crippen MR) is 71.2 cm³/mol. The van der Waals surface area contributed by atoms with Crippen LogP contribution in [0.25, 0.3) is 0 Å². The largest absolute Gasteiger partial charge is 0.314 e. The van der Waals surface area contributed by atoms with Crippen LogP contribution in [0.3, 0.4) is 0 Å². The molecule has 1 heterocycles. The summed E-state index contributed by atoms with van der Waals surface area (Å²) in [5.74, 6) is 0. The molecule has 17 heavy (non-hydrogen) atoms. The van der Waals surface area contributed by atoms with Gasteiger partial charge >= 0.3 is 0 Å². The Morgan fingerprint density at radius 3 is 3.12 bits per heavy atom. The van der Waals surface area contributed by atoms with Crippen LogP contribution in [-0.2, 0) is 19.4 Å². The highest BCUT2D eigenvalue weighted by Gasteiger charge is 2.19. The lowest BCUT2D eigenvalue weighted by molar-refractivity contribution is 0.623. The second-order valence-corrected chi connectivity index (χ2v) is 5.31. The zero-order valence-electron chi connectivity index (χ0n) is 10.5. The summed E-state index contributed by atoms with van der Waals surface area (Å²) in [5.41, 5.74) is 4.73. The molecule has 0 radical (unpaired) electrons. The lowest BCUT2D eigenvalue weighted by atomic mass is 9.93. The van der Waals surface area contributed by atoms with Crippen LogP contribution in [0.4, 0.5) is 0 Å². The zero-order chi connectivity index (χ0) is 11.5. The summed E-state index contributed by atoms with van der Waals surface area (Å²) in [7, 11) is 0. The molecule has 1 saturated carbocycles. The third kappa shape index (κ3) is 2.88. The van der Waals surface area contributed by atoms with Gasteiger partial charge in [0, 0.05) is 12.6 Å². The van der Waals surface area contributed by atoms with E-state index in [1.807, 2.05) is 0 Å². The number of benzene rings is 1. The third-order valence-electron chi connectivity index (χ3n) is 3.87. The number of fused-ring (bicyclic) bond motifs is 1. The molecule has 2 aliphatic rings. The van der Waals surface area contributed by atoms with E-state index in [4.69, 9.17) is 0 Å². The van der Waals surface area contributed by atoms with Gasteiger partial charge in [-0.05, 0) is 61.9 Å². The number of hydrogen-bond acceptors (Lipinski definition) is 2. The van der Waals surface area contributed by atoms with Crippen molar-refractivity contribution in [2.24, 2.45) is 0 Å². The summed E-state index contributed by atoms with van der Waals surface area (Å²) in [6, 6.07) is 7.66. The minimum absolute atomic E-state index is 0.851. The Morgan fingerprint density at radius 2 is 2.24 bits per heavy atom. The monoisotopic (exact) mass is 230 g/mol. The average molecular weight is 230 g/mol. The summed E-state index contributed by atoms with van der Waals surface area (Å²) in [6.07, 6.45) is 6.52. The molecule has 0 amide bonds. The molecule has 2 nitrogen and oxygen atoms in total. The van der Waals surface area contributed by atoms with Crippen molar-refractivity contribution >= 4 is 0 Å². The molecule has 0 unspecified atom stereocenters. The Kier molecular flexibility index (Phi) is 3.44. The van der Waals surface area contributed by atoms with Crippen LogP contribution < -0.4 is 10.6 Å². The van der Waals surface area contributed by atoms with Gasteiger partial charge in [-0.25, -0.2) is 0 Å². The standard InChI is InChI=1S/C15H22N2/c1-3-12(5-2-9-17-14-6-7-14)15-8-10-16-11-13(15)4-1/h1,3-4,14,16-17H,2,5-11H2. The van der Waals surface area contributed by atoms with E-state index in [0.29, 0.717) is 0 Å². The molecule has 0 saturated heterocycles. The fourth-order valence-electron chi connectivity index (χ4n) is 2.72. The second kappa shape index (κ2) is 5.19. The van der Waals surface area contributed by atoms with Crippen molar-refractivity contribution in [2.75, 3.05) is 13.1 Å². The molecule has 3 rings (SSSR count). The van der Waals surface area contributed by atoms with Crippen LogP contribution in [-0.4, -0.2) is 19.1 Å². The van der Waals surface area contributed by atoms with Gasteiger partial charge < -0.3 is 10.6 Å². The maximum atomic E-state index is 3.59. The fraction of sp³-hybridized carbons (Fsp3) is 0.600. The first-order chi connectivity index (χ1) is 8.43. The van der Waals surface area contributed by atoms with Crippen molar-refractivity contribution in [3.8, 4) is 0 Å². The van der Waals surface area contributed by atoms with Crippen molar-refractivity contribution in [1.29, 1.82) is 0 Å². The van der Waals surface area contributed by atoms with Crippen LogP contribution in [0.2, 0.25) is 0 Å². The topological polar surface area (TPSA) is 24.1 Å². The number of hydrogen-bond donors (Lipinski definition) is 2. The molecule has 92 valence electrons. The van der Waals surface area contributed by atoms with E-state index in [1.165, 1.54) is 44.2 Å². The van der Waals surface area contributed by atoms with Crippen LogP contribution in [0.5, 0.6) is 0 Å². The van der Waals surface area contributed by atoms with Crippen molar-refractivity contribution in [3.63, 3.8) is 0 Å². The molecule has 2 N–H and O–H groups in total. The van der Waals surface area contributed by atoms with Crippen molar-refractivity contribution in [2.45, 2.75) is 44.7 Å². The zero-order valence-corrected chi connectivity index (χ0v) is 10.5. The van der Waals surface area contributed by atoms with Gasteiger partial charge in [-0.1, -0.05) is 18.2 Å². The van der Waals surface area contributed by atoms with Crippen LogP contribution >= 0.6 is 0 Å². The van der Waals surface area contributed by atoms with Crippen LogP contribution in [0.15, 0.2) is 18.2 Å². The molecule has 1 aromatic carbocycles. The maximum absolute atomic E-state index is 3.59. The predicted octanol–water partition coefficient (Wildman–Crippen LogP) is 2.02. The summed E-state index contributed by atoms with van der Waals surface area (Å²) >= 11 is 0. The number of nitrogens with one attached hydrogen (secondary N) is 2. The van der Waals surface area contributed by atoms with Gasteiger partial charge in [-0.3, -0.25) is 0 Å². The van der Waals surface area contributed by atoms with Gasteiger partial charge in [0.25, 0.3) is 0 Å². The number of rotatable bonds is 5. The van der Waals surface area contributed by atoms with Crippen molar-refractivity contribution in [3.05, 3.63) is 34.9 Å². The SMILES string of the molecule is c1cc(CCCNC2CC2)c2c(c1)CNCC2. The fourth-order valence-corrected chi connectivity index (χ4v) is 2.72. The summed E-state index contributed by atoms with van der Waals surface area (Å²) in [4.78, 5) is 0. The minimum atomic E-state index is 0.851. The molecule has 1 aromatic rings. The van der Waals surface area contributed by atoms with Gasteiger partial charge in [0.05, 0.1) is 0 Å². The van der Waals surface area contributed by atoms with Crippen molar-refractivity contribution < 1.29 is 0 Å². The van der Waals surface area contributed by atoms with E-state index in [1.54, 1.807) is 11.1 Å². The average Bonchev–Trinajstić information content (AvgIpc) is 3.19. The molecule has 0 bridgehead atoms. The van der Waals surface area contributed by atoms with Crippen LogP contribution in [0.1, 0.15) is 36.0 Å². The maximum Gasteiger partial charge on any atom is 0.0208 e. The summed E-state index contributed by atoms with van der Waals surface area (Å²) in [6.45, 7) is 3.39. The Balaban J connectivity index is 1.57. The van der Waals surface area contributed by atoms with Gasteiger partial charge in [0.15, 0.2) is 0 Å². The first kappa shape index (κ1) is 11.2. The van der Waals surface area contributed by atoms with Crippen molar-refractivity contribution in [1.82, 2.24) is 10.6 Å². The van der Waals surface area contributed by atoms with Gasteiger partial charge in [-0.15, -0.1) is 0 Å². The number of aryl methyl sites for hydroxylation is 1. The van der Waals surface area contributed by atoms with E-state index in [-0.39, 0.29) is 0 Å². The van der Waals surface area contributed by atoms with E-state index in [2.05, 4.69) is 28.8 Å². The lowest BCUT2D eigenvalue weighted by Gasteiger charge is -2.20. The van der Waals surface area contributed by atoms with Gasteiger partial charge in [0.1, 0.15) is 0 Å². The Labute approximate surface area is 104 Å². The highest BCUT2D eigenvalue weighted by molar-refractivity contribution is 5.37. The van der Waals surface area contributed by atoms with E-state index < -0.39 is 0 Å². The smallest absolute Gasteiger partial charge is 0.0208 e. The third-order valence-corrected chi connectivity index (χ3v) is 3.87. The molecular formula is C15H22N2. The normalized spacial score (nSPS) is 19.1.